The lowest BCUT2D eigenvalue weighted by atomic mass is 10.1. The van der Waals surface area contributed by atoms with E-state index >= 15 is 0 Å². The highest BCUT2D eigenvalue weighted by Gasteiger charge is 2.09. The second kappa shape index (κ2) is 3.77. The van der Waals surface area contributed by atoms with Crippen LogP contribution in [-0.2, 0) is 4.79 Å². The van der Waals surface area contributed by atoms with Gasteiger partial charge in [-0.25, -0.2) is 0 Å². The normalized spacial score (nSPS) is 9.69. The molecular formula is C8H5Cl2NO2. The highest BCUT2D eigenvalue weighted by molar-refractivity contribution is 6.41. The standard InChI is InChI=1S/C8H5Cl2NO2/c9-5-1-4(7(13)3-12)2-6(10)8(5)11/h1-3H,11H2. The van der Waals surface area contributed by atoms with Gasteiger partial charge >= 0.3 is 0 Å². The smallest absolute Gasteiger partial charge is 0.225 e. The first-order chi connectivity index (χ1) is 6.06. The summed E-state index contributed by atoms with van der Waals surface area (Å²) in [7, 11) is 0. The third-order valence-corrected chi connectivity index (χ3v) is 2.10. The molecule has 1 rings (SSSR count). The van der Waals surface area contributed by atoms with Gasteiger partial charge in [0.15, 0.2) is 6.29 Å². The second-order valence-corrected chi connectivity index (χ2v) is 3.15. The Kier molecular flexibility index (Phi) is 2.90. The topological polar surface area (TPSA) is 60.2 Å². The molecular weight excluding hydrogens is 213 g/mol. The minimum atomic E-state index is -0.677. The first kappa shape index (κ1) is 10.0. The molecule has 0 aliphatic heterocycles. The van der Waals surface area contributed by atoms with Crippen molar-refractivity contribution in [1.82, 2.24) is 0 Å². The van der Waals surface area contributed by atoms with Crippen LogP contribution < -0.4 is 5.73 Å². The van der Waals surface area contributed by atoms with E-state index in [9.17, 15) is 9.59 Å². The van der Waals surface area contributed by atoms with Crippen molar-refractivity contribution in [1.29, 1.82) is 0 Å². The Morgan fingerprint density at radius 2 is 1.77 bits per heavy atom. The van der Waals surface area contributed by atoms with E-state index < -0.39 is 5.78 Å². The molecule has 0 spiro atoms. The molecule has 0 unspecified atom stereocenters. The molecule has 0 heterocycles. The van der Waals surface area contributed by atoms with Gasteiger partial charge in [0.05, 0.1) is 15.7 Å². The zero-order valence-corrected chi connectivity index (χ0v) is 7.89. The number of benzene rings is 1. The molecule has 3 nitrogen and oxygen atoms in total. The quantitative estimate of drug-likeness (QED) is 0.357. The molecule has 0 aliphatic rings. The van der Waals surface area contributed by atoms with Crippen LogP contribution in [0.15, 0.2) is 12.1 Å². The fraction of sp³-hybridized carbons (Fsp3) is 0. The first-order valence-electron chi connectivity index (χ1n) is 3.30. The van der Waals surface area contributed by atoms with E-state index in [1.165, 1.54) is 12.1 Å². The van der Waals surface area contributed by atoms with Crippen LogP contribution in [0.4, 0.5) is 5.69 Å². The number of hydrogen-bond donors (Lipinski definition) is 1. The van der Waals surface area contributed by atoms with Crippen molar-refractivity contribution in [2.24, 2.45) is 0 Å². The van der Waals surface area contributed by atoms with Gasteiger partial charge in [-0.15, -0.1) is 0 Å². The Hall–Kier alpha value is -1.06. The summed E-state index contributed by atoms with van der Waals surface area (Å²) in [5.74, 6) is -0.677. The van der Waals surface area contributed by atoms with Gasteiger partial charge in [-0.1, -0.05) is 23.2 Å². The van der Waals surface area contributed by atoms with Crippen LogP contribution in [0.2, 0.25) is 10.0 Å². The van der Waals surface area contributed by atoms with E-state index in [0.717, 1.165) is 0 Å². The predicted molar refractivity (Wildman–Crippen MR) is 51.3 cm³/mol. The SMILES string of the molecule is Nc1c(Cl)cc(C(=O)C=O)cc1Cl. The molecule has 1 aromatic rings. The van der Waals surface area contributed by atoms with Crippen molar-refractivity contribution in [3.05, 3.63) is 27.7 Å². The number of Topliss-reactive ketones (excluding diaryl/α,β-unsaturated/α-hetero) is 1. The Balaban J connectivity index is 3.28. The maximum Gasteiger partial charge on any atom is 0.225 e. The fourth-order valence-corrected chi connectivity index (χ4v) is 1.28. The minimum absolute atomic E-state index is 0.138. The number of carbonyl (C=O) groups excluding carboxylic acids is 2. The molecule has 0 aromatic heterocycles. The number of anilines is 1. The number of ketones is 1. The lowest BCUT2D eigenvalue weighted by molar-refractivity contribution is -0.104. The maximum atomic E-state index is 10.9. The van der Waals surface area contributed by atoms with Crippen LogP contribution in [0.3, 0.4) is 0 Å². The molecule has 0 bridgehead atoms. The molecule has 0 atom stereocenters. The summed E-state index contributed by atoms with van der Waals surface area (Å²) < 4.78 is 0. The molecule has 0 saturated carbocycles. The molecule has 13 heavy (non-hydrogen) atoms. The zero-order valence-electron chi connectivity index (χ0n) is 6.38. The molecule has 1 aromatic carbocycles. The lowest BCUT2D eigenvalue weighted by Crippen LogP contribution is -2.01. The average molecular weight is 218 g/mol. The molecule has 0 saturated heterocycles. The van der Waals surface area contributed by atoms with E-state index in [-0.39, 0.29) is 27.6 Å². The minimum Gasteiger partial charge on any atom is -0.396 e. The number of halogens is 2. The third kappa shape index (κ3) is 1.99. The highest BCUT2D eigenvalue weighted by atomic mass is 35.5. The molecule has 0 amide bonds. The van der Waals surface area contributed by atoms with Gasteiger partial charge in [0, 0.05) is 5.56 Å². The predicted octanol–water partition coefficient (Wildman–Crippen LogP) is 1.96. The van der Waals surface area contributed by atoms with Crippen LogP contribution in [0, 0.1) is 0 Å². The Morgan fingerprint density at radius 1 is 1.31 bits per heavy atom. The number of nitrogens with two attached hydrogens (primary N) is 1. The van der Waals surface area contributed by atoms with Crippen LogP contribution in [0.25, 0.3) is 0 Å². The lowest BCUT2D eigenvalue weighted by Gasteiger charge is -2.02. The van der Waals surface area contributed by atoms with Crippen molar-refractivity contribution in [3.8, 4) is 0 Å². The number of hydrogen-bond acceptors (Lipinski definition) is 3. The van der Waals surface area contributed by atoms with Gasteiger partial charge < -0.3 is 5.73 Å². The van der Waals surface area contributed by atoms with E-state index in [1.807, 2.05) is 0 Å². The van der Waals surface area contributed by atoms with Crippen molar-refractivity contribution in [2.75, 3.05) is 5.73 Å². The van der Waals surface area contributed by atoms with Gasteiger partial charge in [-0.2, -0.15) is 0 Å². The maximum absolute atomic E-state index is 10.9. The fourth-order valence-electron chi connectivity index (χ4n) is 0.795. The molecule has 2 N–H and O–H groups in total. The van der Waals surface area contributed by atoms with Crippen molar-refractivity contribution < 1.29 is 9.59 Å². The largest absolute Gasteiger partial charge is 0.396 e. The van der Waals surface area contributed by atoms with Gasteiger partial charge in [-0.05, 0) is 12.1 Å². The summed E-state index contributed by atoms with van der Waals surface area (Å²) in [6.07, 6.45) is 0.193. The molecule has 0 fully saturated rings. The molecule has 0 aliphatic carbocycles. The second-order valence-electron chi connectivity index (χ2n) is 2.34. The van der Waals surface area contributed by atoms with Gasteiger partial charge in [0.1, 0.15) is 0 Å². The Labute approximate surface area is 84.4 Å². The van der Waals surface area contributed by atoms with Crippen molar-refractivity contribution in [2.45, 2.75) is 0 Å². The number of rotatable bonds is 2. The van der Waals surface area contributed by atoms with Crippen LogP contribution >= 0.6 is 23.2 Å². The van der Waals surface area contributed by atoms with Crippen LogP contribution in [0.1, 0.15) is 10.4 Å². The zero-order chi connectivity index (χ0) is 10.0. The third-order valence-electron chi connectivity index (χ3n) is 1.47. The summed E-state index contributed by atoms with van der Waals surface area (Å²) in [4.78, 5) is 21.0. The Bertz CT molecular complexity index is 353. The number of aldehydes is 1. The molecule has 5 heteroatoms. The Morgan fingerprint density at radius 3 is 2.15 bits per heavy atom. The van der Waals surface area contributed by atoms with Crippen molar-refractivity contribution >= 4 is 41.0 Å². The van der Waals surface area contributed by atoms with E-state index in [1.54, 1.807) is 0 Å². The summed E-state index contributed by atoms with van der Waals surface area (Å²) >= 11 is 11.3. The van der Waals surface area contributed by atoms with E-state index in [4.69, 9.17) is 28.9 Å². The molecule has 0 radical (unpaired) electrons. The highest BCUT2D eigenvalue weighted by Crippen LogP contribution is 2.28. The van der Waals surface area contributed by atoms with Crippen LogP contribution in [-0.4, -0.2) is 12.1 Å². The summed E-state index contributed by atoms with van der Waals surface area (Å²) in [6.45, 7) is 0. The average Bonchev–Trinajstić information content (AvgIpc) is 2.12. The van der Waals surface area contributed by atoms with E-state index in [0.29, 0.717) is 0 Å². The monoisotopic (exact) mass is 217 g/mol. The van der Waals surface area contributed by atoms with Crippen molar-refractivity contribution in [3.63, 3.8) is 0 Å². The summed E-state index contributed by atoms with van der Waals surface area (Å²) in [6, 6.07) is 2.61. The van der Waals surface area contributed by atoms with E-state index in [2.05, 4.69) is 0 Å². The molecule has 68 valence electrons. The summed E-state index contributed by atoms with van der Waals surface area (Å²) in [5.41, 5.74) is 5.77. The van der Waals surface area contributed by atoms with Gasteiger partial charge in [-0.3, -0.25) is 9.59 Å². The van der Waals surface area contributed by atoms with Crippen LogP contribution in [0.5, 0.6) is 0 Å². The summed E-state index contributed by atoms with van der Waals surface area (Å²) in [5, 5.41) is 0.329. The van der Waals surface area contributed by atoms with Gasteiger partial charge in [0.25, 0.3) is 0 Å². The number of carbonyl (C=O) groups is 2. The number of nitrogen functional groups attached to an aromatic ring is 1. The first-order valence-corrected chi connectivity index (χ1v) is 4.06. The van der Waals surface area contributed by atoms with Gasteiger partial charge in [0.2, 0.25) is 5.78 Å².